The third-order valence-electron chi connectivity index (χ3n) is 4.61. The predicted octanol–water partition coefficient (Wildman–Crippen LogP) is 3.78. The van der Waals surface area contributed by atoms with Gasteiger partial charge < -0.3 is 19.7 Å². The molecule has 0 saturated carbocycles. The highest BCUT2D eigenvalue weighted by Crippen LogP contribution is 2.35. The van der Waals surface area contributed by atoms with Gasteiger partial charge in [-0.1, -0.05) is 12.1 Å². The zero-order valence-electron chi connectivity index (χ0n) is 16.2. The van der Waals surface area contributed by atoms with E-state index < -0.39 is 18.3 Å². The van der Waals surface area contributed by atoms with Crippen LogP contribution in [0.25, 0.3) is 0 Å². The van der Waals surface area contributed by atoms with Gasteiger partial charge in [0.15, 0.2) is 11.5 Å². The molecule has 1 heterocycles. The summed E-state index contributed by atoms with van der Waals surface area (Å²) in [6, 6.07) is 10.0. The summed E-state index contributed by atoms with van der Waals surface area (Å²) in [6.45, 7) is -0.877. The van der Waals surface area contributed by atoms with Crippen molar-refractivity contribution in [2.24, 2.45) is 0 Å². The third-order valence-corrected chi connectivity index (χ3v) is 4.61. The summed E-state index contributed by atoms with van der Waals surface area (Å²) in [5.74, 6) is -1.25. The van der Waals surface area contributed by atoms with E-state index in [-0.39, 0.29) is 49.4 Å². The minimum atomic E-state index is -2.98. The van der Waals surface area contributed by atoms with Gasteiger partial charge in [0.1, 0.15) is 5.82 Å². The molecule has 0 aliphatic carbocycles. The lowest BCUT2D eigenvalue weighted by molar-refractivity contribution is -0.131. The van der Waals surface area contributed by atoms with Crippen LogP contribution in [0.15, 0.2) is 42.5 Å². The van der Waals surface area contributed by atoms with E-state index in [0.717, 1.165) is 5.56 Å². The van der Waals surface area contributed by atoms with Gasteiger partial charge in [0, 0.05) is 24.6 Å². The smallest absolute Gasteiger partial charge is 0.387 e. The van der Waals surface area contributed by atoms with E-state index in [9.17, 15) is 22.8 Å². The zero-order valence-corrected chi connectivity index (χ0v) is 16.2. The molecule has 1 N–H and O–H groups in total. The second kappa shape index (κ2) is 9.51. The number of likely N-dealkylation sites (tertiary alicyclic amines) is 1. The highest BCUT2D eigenvalue weighted by atomic mass is 19.3. The highest BCUT2D eigenvalue weighted by molar-refractivity contribution is 5.95. The van der Waals surface area contributed by atoms with Crippen molar-refractivity contribution in [3.63, 3.8) is 0 Å². The molecule has 9 heteroatoms. The summed E-state index contributed by atoms with van der Waals surface area (Å²) in [4.78, 5) is 26.0. The summed E-state index contributed by atoms with van der Waals surface area (Å²) in [5, 5.41) is 2.56. The summed E-state index contributed by atoms with van der Waals surface area (Å²) >= 11 is 0. The minimum Gasteiger partial charge on any atom is -0.490 e. The van der Waals surface area contributed by atoms with Gasteiger partial charge in [0.05, 0.1) is 13.2 Å². The van der Waals surface area contributed by atoms with E-state index in [4.69, 9.17) is 4.74 Å². The zero-order chi connectivity index (χ0) is 21.7. The number of carbonyl (C=O) groups excluding carboxylic acids is 2. The molecule has 2 aromatic rings. The summed E-state index contributed by atoms with van der Waals surface area (Å²) in [7, 11) is 0. The number of amides is 2. The lowest BCUT2D eigenvalue weighted by Crippen LogP contribution is -2.34. The van der Waals surface area contributed by atoms with Gasteiger partial charge in [-0.15, -0.1) is 0 Å². The van der Waals surface area contributed by atoms with E-state index in [1.165, 1.54) is 29.2 Å². The van der Waals surface area contributed by atoms with Gasteiger partial charge in [0.2, 0.25) is 11.8 Å². The molecule has 0 bridgehead atoms. The van der Waals surface area contributed by atoms with Crippen molar-refractivity contribution in [2.45, 2.75) is 25.9 Å². The molecule has 0 unspecified atom stereocenters. The number of anilines is 1. The fourth-order valence-corrected chi connectivity index (χ4v) is 3.33. The lowest BCUT2D eigenvalue weighted by Gasteiger charge is -2.18. The number of hydrogen-bond acceptors (Lipinski definition) is 4. The van der Waals surface area contributed by atoms with Crippen LogP contribution in [-0.2, 0) is 9.59 Å². The van der Waals surface area contributed by atoms with E-state index in [0.29, 0.717) is 5.69 Å². The molecule has 0 radical (unpaired) electrons. The molecule has 1 aliphatic rings. The highest BCUT2D eigenvalue weighted by Gasteiger charge is 2.32. The van der Waals surface area contributed by atoms with Crippen molar-refractivity contribution < 1.29 is 32.2 Å². The quantitative estimate of drug-likeness (QED) is 0.703. The average molecular weight is 422 g/mol. The topological polar surface area (TPSA) is 67.9 Å². The number of benzene rings is 2. The predicted molar refractivity (Wildman–Crippen MR) is 103 cm³/mol. The van der Waals surface area contributed by atoms with Gasteiger partial charge in [-0.25, -0.2) is 4.39 Å². The van der Waals surface area contributed by atoms with Crippen LogP contribution in [0, 0.1) is 5.82 Å². The second-order valence-electron chi connectivity index (χ2n) is 6.75. The SMILES string of the molecule is CCOc1cc([C@@H]2CC(=O)N(CC(=O)Nc3cccc(F)c3)C2)ccc1OC(F)F. The van der Waals surface area contributed by atoms with Crippen LogP contribution < -0.4 is 14.8 Å². The van der Waals surface area contributed by atoms with Crippen LogP contribution >= 0.6 is 0 Å². The summed E-state index contributed by atoms with van der Waals surface area (Å²) < 4.78 is 48.2. The van der Waals surface area contributed by atoms with Crippen LogP contribution in [0.2, 0.25) is 0 Å². The summed E-state index contributed by atoms with van der Waals surface area (Å²) in [5.41, 5.74) is 1.03. The first-order valence-corrected chi connectivity index (χ1v) is 9.40. The number of nitrogens with one attached hydrogen (secondary N) is 1. The molecular weight excluding hydrogens is 401 g/mol. The van der Waals surface area contributed by atoms with Crippen molar-refractivity contribution >= 4 is 17.5 Å². The molecule has 30 heavy (non-hydrogen) atoms. The molecule has 1 fully saturated rings. The van der Waals surface area contributed by atoms with Crippen molar-refractivity contribution in [3.8, 4) is 11.5 Å². The van der Waals surface area contributed by atoms with Crippen LogP contribution in [0.4, 0.5) is 18.9 Å². The Hall–Kier alpha value is -3.23. The van der Waals surface area contributed by atoms with Gasteiger partial charge >= 0.3 is 6.61 Å². The van der Waals surface area contributed by atoms with E-state index >= 15 is 0 Å². The maximum atomic E-state index is 13.2. The number of alkyl halides is 2. The Morgan fingerprint density at radius 2 is 2.03 bits per heavy atom. The Morgan fingerprint density at radius 1 is 1.23 bits per heavy atom. The Balaban J connectivity index is 1.66. The van der Waals surface area contributed by atoms with Crippen molar-refractivity contribution in [2.75, 3.05) is 25.0 Å². The van der Waals surface area contributed by atoms with Gasteiger partial charge in [-0.05, 0) is 42.8 Å². The molecule has 0 aromatic heterocycles. The van der Waals surface area contributed by atoms with Crippen molar-refractivity contribution in [3.05, 3.63) is 53.8 Å². The molecule has 6 nitrogen and oxygen atoms in total. The van der Waals surface area contributed by atoms with Gasteiger partial charge in [-0.3, -0.25) is 9.59 Å². The first kappa shape index (κ1) is 21.5. The maximum Gasteiger partial charge on any atom is 0.387 e. The van der Waals surface area contributed by atoms with Gasteiger partial charge in [0.25, 0.3) is 0 Å². The second-order valence-corrected chi connectivity index (χ2v) is 6.75. The molecule has 1 aliphatic heterocycles. The molecule has 2 aromatic carbocycles. The van der Waals surface area contributed by atoms with E-state index in [1.807, 2.05) is 0 Å². The standard InChI is InChI=1S/C21H21F3N2O4/c1-2-29-18-8-13(6-7-17(18)30-21(23)24)14-9-20(28)26(11-14)12-19(27)25-16-5-3-4-15(22)10-16/h3-8,10,14,21H,2,9,11-12H2,1H3,(H,25,27)/t14-/m1/s1. The molecule has 1 atom stereocenters. The molecular formula is C21H21F3N2O4. The van der Waals surface area contributed by atoms with Crippen molar-refractivity contribution in [1.82, 2.24) is 4.90 Å². The Morgan fingerprint density at radius 3 is 2.73 bits per heavy atom. The van der Waals surface area contributed by atoms with Crippen LogP contribution in [0.1, 0.15) is 24.8 Å². The number of rotatable bonds is 8. The van der Waals surface area contributed by atoms with Crippen molar-refractivity contribution in [1.29, 1.82) is 0 Å². The van der Waals surface area contributed by atoms with Crippen LogP contribution in [-0.4, -0.2) is 43.0 Å². The Kier molecular flexibility index (Phi) is 6.81. The fourth-order valence-electron chi connectivity index (χ4n) is 3.33. The Bertz CT molecular complexity index is 923. The van der Waals surface area contributed by atoms with E-state index in [1.54, 1.807) is 25.1 Å². The maximum absolute atomic E-state index is 13.2. The number of ether oxygens (including phenoxy) is 2. The lowest BCUT2D eigenvalue weighted by atomic mass is 9.98. The third kappa shape index (κ3) is 5.43. The van der Waals surface area contributed by atoms with Gasteiger partial charge in [-0.2, -0.15) is 8.78 Å². The molecule has 1 saturated heterocycles. The minimum absolute atomic E-state index is 0.0775. The largest absolute Gasteiger partial charge is 0.490 e. The van der Waals surface area contributed by atoms with E-state index in [2.05, 4.69) is 10.1 Å². The average Bonchev–Trinajstić information content (AvgIpc) is 3.03. The first-order valence-electron chi connectivity index (χ1n) is 9.40. The number of halogens is 3. The monoisotopic (exact) mass is 422 g/mol. The fraction of sp³-hybridized carbons (Fsp3) is 0.333. The molecule has 160 valence electrons. The van der Waals surface area contributed by atoms with Crippen LogP contribution in [0.5, 0.6) is 11.5 Å². The Labute approximate surface area is 171 Å². The number of hydrogen-bond donors (Lipinski definition) is 1. The molecule has 3 rings (SSSR count). The normalized spacial score (nSPS) is 16.1. The summed E-state index contributed by atoms with van der Waals surface area (Å²) in [6.07, 6.45) is 0.174. The first-order chi connectivity index (χ1) is 14.4. The molecule has 2 amide bonds. The number of carbonyl (C=O) groups is 2. The number of nitrogens with zero attached hydrogens (tertiary/aromatic N) is 1. The molecule has 0 spiro atoms. The van der Waals surface area contributed by atoms with Crippen LogP contribution in [0.3, 0.4) is 0 Å².